The number of methoxy groups -OCH3 is 1. The van der Waals surface area contributed by atoms with Crippen LogP contribution in [0.15, 0.2) is 36.4 Å². The van der Waals surface area contributed by atoms with Crippen molar-refractivity contribution >= 4 is 10.8 Å². The first-order valence-corrected chi connectivity index (χ1v) is 5.05. The van der Waals surface area contributed by atoms with Crippen LogP contribution in [0.2, 0.25) is 0 Å². The molecule has 0 saturated carbocycles. The molecule has 0 aliphatic heterocycles. The molecule has 0 aliphatic carbocycles. The third-order valence-electron chi connectivity index (χ3n) is 2.51. The minimum absolute atomic E-state index is 0.883. The SMILES string of the molecule is CNCc1ccc2cccc(OC)c2c1. The first-order chi connectivity index (χ1) is 7.35. The van der Waals surface area contributed by atoms with Gasteiger partial charge in [0.1, 0.15) is 5.75 Å². The highest BCUT2D eigenvalue weighted by molar-refractivity contribution is 5.88. The summed E-state index contributed by atoms with van der Waals surface area (Å²) in [6.07, 6.45) is 0. The quantitative estimate of drug-likeness (QED) is 0.824. The molecule has 0 atom stereocenters. The van der Waals surface area contributed by atoms with E-state index in [0.717, 1.165) is 12.3 Å². The van der Waals surface area contributed by atoms with Crippen molar-refractivity contribution in [1.82, 2.24) is 5.32 Å². The molecule has 0 aliphatic rings. The number of rotatable bonds is 3. The summed E-state index contributed by atoms with van der Waals surface area (Å²) in [6.45, 7) is 0.883. The van der Waals surface area contributed by atoms with Crippen molar-refractivity contribution in [1.29, 1.82) is 0 Å². The van der Waals surface area contributed by atoms with Gasteiger partial charge in [0, 0.05) is 11.9 Å². The minimum Gasteiger partial charge on any atom is -0.496 e. The largest absolute Gasteiger partial charge is 0.496 e. The van der Waals surface area contributed by atoms with Crippen LogP contribution in [-0.2, 0) is 6.54 Å². The Balaban J connectivity index is 2.57. The highest BCUT2D eigenvalue weighted by Gasteiger charge is 2.01. The van der Waals surface area contributed by atoms with Gasteiger partial charge >= 0.3 is 0 Å². The first kappa shape index (κ1) is 9.99. The fourth-order valence-corrected chi connectivity index (χ4v) is 1.78. The lowest BCUT2D eigenvalue weighted by Gasteiger charge is -2.07. The lowest BCUT2D eigenvalue weighted by molar-refractivity contribution is 0.420. The molecule has 0 fully saturated rings. The molecule has 15 heavy (non-hydrogen) atoms. The van der Waals surface area contributed by atoms with E-state index in [-0.39, 0.29) is 0 Å². The maximum Gasteiger partial charge on any atom is 0.126 e. The Morgan fingerprint density at radius 2 is 2.07 bits per heavy atom. The summed E-state index contributed by atoms with van der Waals surface area (Å²) in [5.74, 6) is 0.936. The van der Waals surface area contributed by atoms with Crippen molar-refractivity contribution in [3.8, 4) is 5.75 Å². The lowest BCUT2D eigenvalue weighted by Crippen LogP contribution is -2.04. The highest BCUT2D eigenvalue weighted by Crippen LogP contribution is 2.26. The summed E-state index contributed by atoms with van der Waals surface area (Å²) >= 11 is 0. The van der Waals surface area contributed by atoms with E-state index in [4.69, 9.17) is 4.74 Å². The summed E-state index contributed by atoms with van der Waals surface area (Å²) in [5.41, 5.74) is 1.27. The molecule has 0 amide bonds. The Morgan fingerprint density at radius 3 is 2.80 bits per heavy atom. The van der Waals surface area contributed by atoms with E-state index in [1.54, 1.807) is 7.11 Å². The maximum atomic E-state index is 5.34. The van der Waals surface area contributed by atoms with Gasteiger partial charge in [0.15, 0.2) is 0 Å². The predicted octanol–water partition coefficient (Wildman–Crippen LogP) is 2.57. The average molecular weight is 201 g/mol. The molecule has 0 heterocycles. The van der Waals surface area contributed by atoms with Gasteiger partial charge in [-0.25, -0.2) is 0 Å². The van der Waals surface area contributed by atoms with E-state index >= 15 is 0 Å². The van der Waals surface area contributed by atoms with Crippen molar-refractivity contribution < 1.29 is 4.74 Å². The van der Waals surface area contributed by atoms with Crippen LogP contribution in [0.1, 0.15) is 5.56 Å². The number of hydrogen-bond donors (Lipinski definition) is 1. The summed E-state index contributed by atoms with van der Waals surface area (Å²) in [5, 5.41) is 5.54. The molecular formula is C13H15NO. The van der Waals surface area contributed by atoms with Crippen molar-refractivity contribution in [2.45, 2.75) is 6.54 Å². The van der Waals surface area contributed by atoms with Crippen LogP contribution in [0.4, 0.5) is 0 Å². The van der Waals surface area contributed by atoms with E-state index < -0.39 is 0 Å². The average Bonchev–Trinajstić information content (AvgIpc) is 2.28. The zero-order valence-corrected chi connectivity index (χ0v) is 9.08. The Hall–Kier alpha value is -1.54. The molecule has 2 aromatic carbocycles. The predicted molar refractivity (Wildman–Crippen MR) is 63.3 cm³/mol. The summed E-state index contributed by atoms with van der Waals surface area (Å²) in [4.78, 5) is 0. The van der Waals surface area contributed by atoms with E-state index in [1.807, 2.05) is 19.2 Å². The fraction of sp³-hybridized carbons (Fsp3) is 0.231. The van der Waals surface area contributed by atoms with Crippen molar-refractivity contribution in [3.05, 3.63) is 42.0 Å². The van der Waals surface area contributed by atoms with E-state index in [0.29, 0.717) is 0 Å². The number of hydrogen-bond acceptors (Lipinski definition) is 2. The minimum atomic E-state index is 0.883. The third-order valence-corrected chi connectivity index (χ3v) is 2.51. The number of benzene rings is 2. The summed E-state index contributed by atoms with van der Waals surface area (Å²) < 4.78 is 5.34. The molecule has 0 radical (unpaired) electrons. The Kier molecular flexibility index (Phi) is 2.88. The molecule has 2 rings (SSSR count). The molecular weight excluding hydrogens is 186 g/mol. The van der Waals surface area contributed by atoms with Gasteiger partial charge in [-0.15, -0.1) is 0 Å². The molecule has 0 aromatic heterocycles. The molecule has 0 unspecified atom stereocenters. The molecule has 1 N–H and O–H groups in total. The van der Waals surface area contributed by atoms with Crippen molar-refractivity contribution in [2.24, 2.45) is 0 Å². The first-order valence-electron chi connectivity index (χ1n) is 5.05. The van der Waals surface area contributed by atoms with Crippen LogP contribution < -0.4 is 10.1 Å². The monoisotopic (exact) mass is 201 g/mol. The summed E-state index contributed by atoms with van der Waals surface area (Å²) in [7, 11) is 3.66. The maximum absolute atomic E-state index is 5.34. The van der Waals surface area contributed by atoms with E-state index in [2.05, 4.69) is 29.6 Å². The van der Waals surface area contributed by atoms with Crippen LogP contribution in [0, 0.1) is 0 Å². The second-order valence-electron chi connectivity index (χ2n) is 3.55. The Bertz CT molecular complexity index is 465. The smallest absolute Gasteiger partial charge is 0.126 e. The second kappa shape index (κ2) is 4.32. The molecule has 2 heteroatoms. The van der Waals surface area contributed by atoms with Gasteiger partial charge < -0.3 is 10.1 Å². The third kappa shape index (κ3) is 1.95. The van der Waals surface area contributed by atoms with Crippen LogP contribution in [-0.4, -0.2) is 14.2 Å². The normalized spacial score (nSPS) is 10.5. The van der Waals surface area contributed by atoms with Crippen LogP contribution in [0.25, 0.3) is 10.8 Å². The zero-order valence-electron chi connectivity index (χ0n) is 9.08. The van der Waals surface area contributed by atoms with Gasteiger partial charge in [-0.05, 0) is 30.1 Å². The lowest BCUT2D eigenvalue weighted by atomic mass is 10.1. The van der Waals surface area contributed by atoms with Crippen LogP contribution in [0.5, 0.6) is 5.75 Å². The number of ether oxygens (including phenoxy) is 1. The molecule has 0 saturated heterocycles. The zero-order chi connectivity index (χ0) is 10.7. The Labute approximate surface area is 89.9 Å². The van der Waals surface area contributed by atoms with Gasteiger partial charge in [0.05, 0.1) is 7.11 Å². The van der Waals surface area contributed by atoms with Gasteiger partial charge in [0.2, 0.25) is 0 Å². The number of nitrogens with one attached hydrogen (secondary N) is 1. The molecule has 0 spiro atoms. The number of fused-ring (bicyclic) bond motifs is 1. The topological polar surface area (TPSA) is 21.3 Å². The van der Waals surface area contributed by atoms with Crippen LogP contribution in [0.3, 0.4) is 0 Å². The van der Waals surface area contributed by atoms with Gasteiger partial charge in [-0.2, -0.15) is 0 Å². The van der Waals surface area contributed by atoms with Gasteiger partial charge in [0.25, 0.3) is 0 Å². The van der Waals surface area contributed by atoms with Crippen molar-refractivity contribution in [2.75, 3.05) is 14.2 Å². The fourth-order valence-electron chi connectivity index (χ4n) is 1.78. The standard InChI is InChI=1S/C13H15NO/c1-14-9-10-6-7-11-4-3-5-13(15-2)12(11)8-10/h3-8,14H,9H2,1-2H3. The molecule has 2 nitrogen and oxygen atoms in total. The second-order valence-corrected chi connectivity index (χ2v) is 3.55. The van der Waals surface area contributed by atoms with E-state index in [1.165, 1.54) is 16.3 Å². The molecule has 0 bridgehead atoms. The molecule has 78 valence electrons. The van der Waals surface area contributed by atoms with E-state index in [9.17, 15) is 0 Å². The van der Waals surface area contributed by atoms with Crippen LogP contribution >= 0.6 is 0 Å². The summed E-state index contributed by atoms with van der Waals surface area (Å²) in [6, 6.07) is 12.5. The van der Waals surface area contributed by atoms with Crippen molar-refractivity contribution in [3.63, 3.8) is 0 Å². The van der Waals surface area contributed by atoms with Gasteiger partial charge in [-0.1, -0.05) is 24.3 Å². The van der Waals surface area contributed by atoms with Gasteiger partial charge in [-0.3, -0.25) is 0 Å². The molecule has 2 aromatic rings. The Morgan fingerprint density at radius 1 is 1.20 bits per heavy atom. The highest BCUT2D eigenvalue weighted by atomic mass is 16.5.